The Labute approximate surface area is 120 Å². The van der Waals surface area contributed by atoms with Crippen molar-refractivity contribution in [3.05, 3.63) is 23.9 Å². The van der Waals surface area contributed by atoms with E-state index < -0.39 is 0 Å². The third-order valence-corrected chi connectivity index (χ3v) is 4.00. The topological polar surface area (TPSA) is 39.7 Å². The van der Waals surface area contributed by atoms with Gasteiger partial charge in [0.25, 0.3) is 0 Å². The van der Waals surface area contributed by atoms with Gasteiger partial charge in [-0.3, -0.25) is 0 Å². The number of pyridine rings is 1. The Kier molecular flexibility index (Phi) is 3.51. The minimum Gasteiger partial charge on any atom is -0.354 e. The quantitative estimate of drug-likeness (QED) is 0.825. The summed E-state index contributed by atoms with van der Waals surface area (Å²) in [7, 11) is 3.61. The van der Waals surface area contributed by atoms with Crippen LogP contribution < -0.4 is 4.90 Å². The number of nitrogens with zero attached hydrogens (tertiary/aromatic N) is 4. The van der Waals surface area contributed by atoms with Crippen LogP contribution in [-0.2, 0) is 6.54 Å². The summed E-state index contributed by atoms with van der Waals surface area (Å²) >= 11 is 0. The van der Waals surface area contributed by atoms with Crippen LogP contribution in [0, 0.1) is 5.92 Å². The first-order chi connectivity index (χ1) is 9.65. The number of amides is 2. The van der Waals surface area contributed by atoms with Crippen LogP contribution in [0.1, 0.15) is 18.4 Å². The fourth-order valence-electron chi connectivity index (χ4n) is 2.71. The fraction of sp³-hybridized carbons (Fsp3) is 0.600. The van der Waals surface area contributed by atoms with Crippen molar-refractivity contribution >= 4 is 11.8 Å². The number of urea groups is 1. The Hall–Kier alpha value is -1.78. The Morgan fingerprint density at radius 3 is 2.90 bits per heavy atom. The second-order valence-corrected chi connectivity index (χ2v) is 5.97. The van der Waals surface area contributed by atoms with E-state index in [4.69, 9.17) is 0 Å². The van der Waals surface area contributed by atoms with Crippen molar-refractivity contribution in [2.24, 2.45) is 5.92 Å². The number of carbonyl (C=O) groups excluding carboxylic acids is 1. The molecule has 1 aromatic rings. The summed E-state index contributed by atoms with van der Waals surface area (Å²) in [5.74, 6) is 1.88. The molecule has 108 valence electrons. The molecule has 20 heavy (non-hydrogen) atoms. The van der Waals surface area contributed by atoms with E-state index in [9.17, 15) is 4.79 Å². The van der Waals surface area contributed by atoms with Gasteiger partial charge in [0, 0.05) is 45.5 Å². The number of anilines is 1. The second-order valence-electron chi connectivity index (χ2n) is 5.97. The van der Waals surface area contributed by atoms with Gasteiger partial charge in [-0.05, 0) is 24.8 Å². The molecule has 2 amide bonds. The van der Waals surface area contributed by atoms with Gasteiger partial charge in [-0.2, -0.15) is 0 Å². The Balaban J connectivity index is 1.83. The molecule has 0 radical (unpaired) electrons. The van der Waals surface area contributed by atoms with Crippen LogP contribution in [0.3, 0.4) is 0 Å². The molecule has 0 aromatic carbocycles. The van der Waals surface area contributed by atoms with Gasteiger partial charge < -0.3 is 14.7 Å². The van der Waals surface area contributed by atoms with E-state index in [1.807, 2.05) is 17.2 Å². The molecule has 3 rings (SSSR count). The largest absolute Gasteiger partial charge is 0.354 e. The van der Waals surface area contributed by atoms with Crippen LogP contribution in [0.15, 0.2) is 18.3 Å². The van der Waals surface area contributed by atoms with Crippen LogP contribution in [0.4, 0.5) is 10.6 Å². The summed E-state index contributed by atoms with van der Waals surface area (Å²) in [6.07, 6.45) is 4.51. The lowest BCUT2D eigenvalue weighted by atomic mass is 10.2. The highest BCUT2D eigenvalue weighted by Gasteiger charge is 2.29. The molecule has 1 aromatic heterocycles. The van der Waals surface area contributed by atoms with Gasteiger partial charge in [0.2, 0.25) is 0 Å². The van der Waals surface area contributed by atoms with Crippen LogP contribution in [0.5, 0.6) is 0 Å². The van der Waals surface area contributed by atoms with Gasteiger partial charge in [0.1, 0.15) is 5.82 Å². The molecular weight excluding hydrogens is 252 g/mol. The van der Waals surface area contributed by atoms with Crippen LogP contribution in [0.2, 0.25) is 0 Å². The smallest absolute Gasteiger partial charge is 0.319 e. The van der Waals surface area contributed by atoms with Gasteiger partial charge in [0.15, 0.2) is 0 Å². The maximum atomic E-state index is 12.2. The molecule has 0 bridgehead atoms. The van der Waals surface area contributed by atoms with E-state index in [-0.39, 0.29) is 6.03 Å². The zero-order valence-electron chi connectivity index (χ0n) is 12.2. The SMILES string of the molecule is CN(C)C(=O)N1CCN(CC2CC2)c2ncccc2C1. The van der Waals surface area contributed by atoms with E-state index in [1.54, 1.807) is 19.0 Å². The predicted octanol–water partition coefficient (Wildman–Crippen LogP) is 1.80. The Morgan fingerprint density at radius 2 is 2.20 bits per heavy atom. The lowest BCUT2D eigenvalue weighted by Gasteiger charge is -2.25. The summed E-state index contributed by atoms with van der Waals surface area (Å²) in [6, 6.07) is 4.12. The molecule has 0 unspecified atom stereocenters. The van der Waals surface area contributed by atoms with Crippen LogP contribution in [-0.4, -0.2) is 54.5 Å². The minimum atomic E-state index is 0.0769. The van der Waals surface area contributed by atoms with Crippen LogP contribution >= 0.6 is 0 Å². The highest BCUT2D eigenvalue weighted by molar-refractivity contribution is 5.74. The zero-order chi connectivity index (χ0) is 14.1. The summed E-state index contributed by atoms with van der Waals surface area (Å²) < 4.78 is 0. The third kappa shape index (κ3) is 2.71. The molecular formula is C15H22N4O. The molecule has 0 spiro atoms. The van der Waals surface area contributed by atoms with Crippen molar-refractivity contribution in [3.8, 4) is 0 Å². The van der Waals surface area contributed by atoms with Crippen molar-refractivity contribution < 1.29 is 4.79 Å². The average Bonchev–Trinajstić information content (AvgIpc) is 3.26. The zero-order valence-corrected chi connectivity index (χ0v) is 12.2. The van der Waals surface area contributed by atoms with Gasteiger partial charge in [-0.15, -0.1) is 0 Å². The van der Waals surface area contributed by atoms with Crippen molar-refractivity contribution in [1.29, 1.82) is 0 Å². The van der Waals surface area contributed by atoms with Crippen molar-refractivity contribution in [2.75, 3.05) is 38.6 Å². The normalized spacial score (nSPS) is 18.5. The molecule has 2 aliphatic rings. The first-order valence-electron chi connectivity index (χ1n) is 7.30. The predicted molar refractivity (Wildman–Crippen MR) is 78.7 cm³/mol. The highest BCUT2D eigenvalue weighted by atomic mass is 16.2. The number of carbonyl (C=O) groups is 1. The summed E-state index contributed by atoms with van der Waals surface area (Å²) in [6.45, 7) is 3.37. The highest BCUT2D eigenvalue weighted by Crippen LogP contribution is 2.32. The number of aromatic nitrogens is 1. The van der Waals surface area contributed by atoms with Gasteiger partial charge in [0.05, 0.1) is 6.54 Å². The van der Waals surface area contributed by atoms with E-state index in [1.165, 1.54) is 12.8 Å². The molecule has 0 atom stereocenters. The maximum absolute atomic E-state index is 12.2. The molecule has 2 heterocycles. The molecule has 1 fully saturated rings. The van der Waals surface area contributed by atoms with Gasteiger partial charge >= 0.3 is 6.03 Å². The first-order valence-corrected chi connectivity index (χ1v) is 7.30. The fourth-order valence-corrected chi connectivity index (χ4v) is 2.71. The van der Waals surface area contributed by atoms with E-state index in [0.29, 0.717) is 6.54 Å². The lowest BCUT2D eigenvalue weighted by molar-refractivity contribution is 0.170. The Morgan fingerprint density at radius 1 is 1.40 bits per heavy atom. The molecule has 1 aliphatic heterocycles. The molecule has 1 saturated carbocycles. The summed E-state index contributed by atoms with van der Waals surface area (Å²) in [4.78, 5) is 22.7. The molecule has 0 saturated heterocycles. The number of hydrogen-bond donors (Lipinski definition) is 0. The van der Waals surface area contributed by atoms with Gasteiger partial charge in [-0.25, -0.2) is 9.78 Å². The monoisotopic (exact) mass is 274 g/mol. The standard InChI is InChI=1S/C15H22N4O/c1-17(2)15(20)19-9-8-18(10-12-5-6-12)14-13(11-19)4-3-7-16-14/h3-4,7,12H,5-6,8-11H2,1-2H3. The summed E-state index contributed by atoms with van der Waals surface area (Å²) in [5.41, 5.74) is 1.15. The van der Waals surface area contributed by atoms with Crippen molar-refractivity contribution in [1.82, 2.24) is 14.8 Å². The van der Waals surface area contributed by atoms with Crippen molar-refractivity contribution in [3.63, 3.8) is 0 Å². The Bertz CT molecular complexity index is 498. The lowest BCUT2D eigenvalue weighted by Crippen LogP contribution is -2.41. The summed E-state index contributed by atoms with van der Waals surface area (Å²) in [5, 5.41) is 0. The molecule has 5 heteroatoms. The molecule has 1 aliphatic carbocycles. The maximum Gasteiger partial charge on any atom is 0.319 e. The molecule has 0 N–H and O–H groups in total. The molecule has 5 nitrogen and oxygen atoms in total. The number of hydrogen-bond acceptors (Lipinski definition) is 3. The van der Waals surface area contributed by atoms with E-state index in [2.05, 4.69) is 16.0 Å². The van der Waals surface area contributed by atoms with Gasteiger partial charge in [-0.1, -0.05) is 6.07 Å². The average molecular weight is 274 g/mol. The minimum absolute atomic E-state index is 0.0769. The van der Waals surface area contributed by atoms with Crippen LogP contribution in [0.25, 0.3) is 0 Å². The third-order valence-electron chi connectivity index (χ3n) is 4.00. The van der Waals surface area contributed by atoms with E-state index in [0.717, 1.165) is 36.9 Å². The second kappa shape index (κ2) is 5.31. The number of fused-ring (bicyclic) bond motifs is 1. The first kappa shape index (κ1) is 13.2. The van der Waals surface area contributed by atoms with Crippen molar-refractivity contribution in [2.45, 2.75) is 19.4 Å². The number of rotatable bonds is 2. The van der Waals surface area contributed by atoms with E-state index >= 15 is 0 Å².